The summed E-state index contributed by atoms with van der Waals surface area (Å²) >= 11 is 0. The van der Waals surface area contributed by atoms with E-state index in [0.717, 1.165) is 30.2 Å². The third kappa shape index (κ3) is 4.96. The number of benzene rings is 2. The molecule has 26 heavy (non-hydrogen) atoms. The summed E-state index contributed by atoms with van der Waals surface area (Å²) < 4.78 is 5.67. The van der Waals surface area contributed by atoms with Crippen molar-refractivity contribution in [2.24, 2.45) is 4.99 Å². The van der Waals surface area contributed by atoms with E-state index < -0.39 is 0 Å². The number of guanidine groups is 1. The van der Waals surface area contributed by atoms with Gasteiger partial charge in [-0.3, -0.25) is 9.98 Å². The second kappa shape index (κ2) is 9.42. The van der Waals surface area contributed by atoms with E-state index in [9.17, 15) is 0 Å². The zero-order chi connectivity index (χ0) is 18.0. The number of aliphatic imine (C=N–C) groups is 1. The predicted octanol–water partition coefficient (Wildman–Crippen LogP) is 3.02. The Morgan fingerprint density at radius 2 is 1.77 bits per heavy atom. The predicted molar refractivity (Wildman–Crippen MR) is 107 cm³/mol. The lowest BCUT2D eigenvalue weighted by Crippen LogP contribution is -2.40. The summed E-state index contributed by atoms with van der Waals surface area (Å²) in [6.45, 7) is 2.05. The van der Waals surface area contributed by atoms with Crippen LogP contribution in [0.5, 0.6) is 5.75 Å². The van der Waals surface area contributed by atoms with E-state index in [4.69, 9.17) is 4.74 Å². The van der Waals surface area contributed by atoms with E-state index in [-0.39, 0.29) is 0 Å². The number of hydrogen-bond acceptors (Lipinski definition) is 3. The number of rotatable bonds is 7. The Labute approximate surface area is 154 Å². The first-order valence-electron chi connectivity index (χ1n) is 8.82. The largest absolute Gasteiger partial charge is 0.492 e. The van der Waals surface area contributed by atoms with Crippen molar-refractivity contribution in [3.63, 3.8) is 0 Å². The van der Waals surface area contributed by atoms with Gasteiger partial charge < -0.3 is 15.4 Å². The van der Waals surface area contributed by atoms with Gasteiger partial charge in [-0.15, -0.1) is 0 Å². The molecule has 3 rings (SSSR count). The zero-order valence-corrected chi connectivity index (χ0v) is 15.0. The van der Waals surface area contributed by atoms with Crippen molar-refractivity contribution in [2.45, 2.75) is 6.42 Å². The van der Waals surface area contributed by atoms with Crippen LogP contribution in [0.15, 0.2) is 71.9 Å². The van der Waals surface area contributed by atoms with Gasteiger partial charge in [0.2, 0.25) is 0 Å². The molecular weight excluding hydrogens is 324 g/mol. The molecule has 0 amide bonds. The average molecular weight is 348 g/mol. The molecule has 0 aliphatic carbocycles. The van der Waals surface area contributed by atoms with Crippen LogP contribution in [0.1, 0.15) is 5.56 Å². The summed E-state index contributed by atoms with van der Waals surface area (Å²) in [6.07, 6.45) is 2.72. The van der Waals surface area contributed by atoms with Crippen molar-refractivity contribution in [1.29, 1.82) is 0 Å². The van der Waals surface area contributed by atoms with Gasteiger partial charge in [0.1, 0.15) is 12.4 Å². The number of pyridine rings is 1. The van der Waals surface area contributed by atoms with Crippen LogP contribution in [0.3, 0.4) is 0 Å². The highest BCUT2D eigenvalue weighted by Crippen LogP contribution is 2.15. The highest BCUT2D eigenvalue weighted by Gasteiger charge is 2.03. The molecule has 5 heteroatoms. The van der Waals surface area contributed by atoms with Crippen molar-refractivity contribution in [3.8, 4) is 5.75 Å². The van der Waals surface area contributed by atoms with Gasteiger partial charge in [-0.05, 0) is 30.2 Å². The van der Waals surface area contributed by atoms with Crippen LogP contribution in [-0.2, 0) is 6.42 Å². The highest BCUT2D eigenvalue weighted by atomic mass is 16.5. The van der Waals surface area contributed by atoms with Crippen LogP contribution in [0, 0.1) is 0 Å². The van der Waals surface area contributed by atoms with E-state index in [1.54, 1.807) is 7.05 Å². The van der Waals surface area contributed by atoms with E-state index in [1.807, 2.05) is 42.6 Å². The third-order valence-electron chi connectivity index (χ3n) is 4.03. The smallest absolute Gasteiger partial charge is 0.191 e. The molecule has 3 aromatic rings. The van der Waals surface area contributed by atoms with Crippen molar-refractivity contribution in [3.05, 3.63) is 72.4 Å². The maximum absolute atomic E-state index is 5.67. The molecule has 0 unspecified atom stereocenters. The van der Waals surface area contributed by atoms with Crippen molar-refractivity contribution < 1.29 is 4.74 Å². The molecule has 134 valence electrons. The fourth-order valence-electron chi connectivity index (χ4n) is 2.76. The molecule has 1 aromatic heterocycles. The zero-order valence-electron chi connectivity index (χ0n) is 15.0. The molecule has 1 heterocycles. The van der Waals surface area contributed by atoms with Crippen LogP contribution < -0.4 is 15.4 Å². The third-order valence-corrected chi connectivity index (χ3v) is 4.03. The normalized spacial score (nSPS) is 11.3. The maximum atomic E-state index is 5.67. The van der Waals surface area contributed by atoms with Gasteiger partial charge in [-0.2, -0.15) is 0 Å². The molecule has 2 N–H and O–H groups in total. The van der Waals surface area contributed by atoms with Crippen LogP contribution in [0.2, 0.25) is 0 Å². The second-order valence-corrected chi connectivity index (χ2v) is 5.83. The SMILES string of the molecule is CN=C(NCCOc1ccccc1)NCCc1cccc2cccnc12. The monoisotopic (exact) mass is 348 g/mol. The molecule has 0 aliphatic rings. The maximum Gasteiger partial charge on any atom is 0.191 e. The van der Waals surface area contributed by atoms with E-state index in [1.165, 1.54) is 10.9 Å². The van der Waals surface area contributed by atoms with Crippen LogP contribution in [0.4, 0.5) is 0 Å². The molecule has 5 nitrogen and oxygen atoms in total. The summed E-state index contributed by atoms with van der Waals surface area (Å²) in [6, 6.07) is 20.1. The Balaban J connectivity index is 1.42. The van der Waals surface area contributed by atoms with Crippen molar-refractivity contribution in [2.75, 3.05) is 26.7 Å². The molecule has 2 aromatic carbocycles. The summed E-state index contributed by atoms with van der Waals surface area (Å²) in [5.41, 5.74) is 2.30. The molecule has 0 bridgehead atoms. The summed E-state index contributed by atoms with van der Waals surface area (Å²) in [7, 11) is 1.77. The molecule has 0 spiro atoms. The van der Waals surface area contributed by atoms with Gasteiger partial charge in [0.05, 0.1) is 12.1 Å². The van der Waals surface area contributed by atoms with Gasteiger partial charge >= 0.3 is 0 Å². The molecular formula is C21H24N4O. The van der Waals surface area contributed by atoms with Crippen LogP contribution in [-0.4, -0.2) is 37.7 Å². The Morgan fingerprint density at radius 3 is 2.62 bits per heavy atom. The quantitative estimate of drug-likeness (QED) is 0.391. The molecule has 0 saturated carbocycles. The first-order chi connectivity index (χ1) is 12.9. The Hall–Kier alpha value is -3.08. The summed E-state index contributed by atoms with van der Waals surface area (Å²) in [5.74, 6) is 1.65. The number of nitrogens with zero attached hydrogens (tertiary/aromatic N) is 2. The fourth-order valence-corrected chi connectivity index (χ4v) is 2.76. The number of aromatic nitrogens is 1. The first-order valence-corrected chi connectivity index (χ1v) is 8.82. The lowest BCUT2D eigenvalue weighted by atomic mass is 10.1. The minimum atomic E-state index is 0.581. The minimum absolute atomic E-state index is 0.581. The van der Waals surface area contributed by atoms with Gasteiger partial charge in [0.15, 0.2) is 5.96 Å². The molecule has 0 radical (unpaired) electrons. The second-order valence-electron chi connectivity index (χ2n) is 5.83. The minimum Gasteiger partial charge on any atom is -0.492 e. The Morgan fingerprint density at radius 1 is 0.962 bits per heavy atom. The molecule has 0 atom stereocenters. The lowest BCUT2D eigenvalue weighted by Gasteiger charge is -2.13. The topological polar surface area (TPSA) is 58.5 Å². The number of fused-ring (bicyclic) bond motifs is 1. The number of nitrogens with one attached hydrogen (secondary N) is 2. The summed E-state index contributed by atoms with van der Waals surface area (Å²) in [4.78, 5) is 8.75. The van der Waals surface area contributed by atoms with Gasteiger partial charge in [0, 0.05) is 25.2 Å². The van der Waals surface area contributed by atoms with Gasteiger partial charge in [0.25, 0.3) is 0 Å². The first kappa shape index (κ1) is 17.7. The number of ether oxygens (including phenoxy) is 1. The number of hydrogen-bond donors (Lipinski definition) is 2. The number of para-hydroxylation sites is 2. The van der Waals surface area contributed by atoms with Crippen LogP contribution in [0.25, 0.3) is 10.9 Å². The van der Waals surface area contributed by atoms with Crippen LogP contribution >= 0.6 is 0 Å². The van der Waals surface area contributed by atoms with E-state index in [0.29, 0.717) is 13.2 Å². The highest BCUT2D eigenvalue weighted by molar-refractivity contribution is 5.82. The summed E-state index contributed by atoms with van der Waals surface area (Å²) in [5, 5.41) is 7.77. The van der Waals surface area contributed by atoms with Gasteiger partial charge in [-0.1, -0.05) is 42.5 Å². The molecule has 0 aliphatic heterocycles. The molecule has 0 saturated heterocycles. The molecule has 0 fully saturated rings. The van der Waals surface area contributed by atoms with E-state index in [2.05, 4.69) is 44.9 Å². The van der Waals surface area contributed by atoms with E-state index >= 15 is 0 Å². The van der Waals surface area contributed by atoms with Gasteiger partial charge in [-0.25, -0.2) is 0 Å². The van der Waals surface area contributed by atoms with Crippen molar-refractivity contribution >= 4 is 16.9 Å². The lowest BCUT2D eigenvalue weighted by molar-refractivity contribution is 0.322. The average Bonchev–Trinajstić information content (AvgIpc) is 2.70. The fraction of sp³-hybridized carbons (Fsp3) is 0.238. The standard InChI is InChI=1S/C21H24N4O/c1-22-21(25-15-16-26-19-10-3-2-4-11-19)24-14-12-18-8-5-7-17-9-6-13-23-20(17)18/h2-11,13H,12,14-16H2,1H3,(H2,22,24,25). The Kier molecular flexibility index (Phi) is 6.42. The Bertz CT molecular complexity index is 844. The van der Waals surface area contributed by atoms with Crippen molar-refractivity contribution in [1.82, 2.24) is 15.6 Å².